The Labute approximate surface area is 112 Å². The van der Waals surface area contributed by atoms with Crippen LogP contribution in [0.15, 0.2) is 36.5 Å². The van der Waals surface area contributed by atoms with Crippen molar-refractivity contribution in [1.29, 1.82) is 0 Å². The average Bonchev–Trinajstić information content (AvgIpc) is 2.43. The van der Waals surface area contributed by atoms with E-state index in [0.29, 0.717) is 6.54 Å². The molecule has 0 amide bonds. The summed E-state index contributed by atoms with van der Waals surface area (Å²) >= 11 is 0. The van der Waals surface area contributed by atoms with Crippen molar-refractivity contribution in [2.24, 2.45) is 5.92 Å². The normalized spacial score (nSPS) is 12.3. The van der Waals surface area contributed by atoms with E-state index >= 15 is 0 Å². The van der Waals surface area contributed by atoms with Gasteiger partial charge in [0.2, 0.25) is 0 Å². The maximum absolute atomic E-state index is 10.8. The molecule has 0 fully saturated rings. The van der Waals surface area contributed by atoms with Gasteiger partial charge in [0.1, 0.15) is 0 Å². The van der Waals surface area contributed by atoms with Crippen LogP contribution < -0.4 is 5.32 Å². The summed E-state index contributed by atoms with van der Waals surface area (Å²) in [7, 11) is 0. The molecule has 0 radical (unpaired) electrons. The van der Waals surface area contributed by atoms with Crippen LogP contribution in [0.4, 0.5) is 5.69 Å². The quantitative estimate of drug-likeness (QED) is 0.835. The number of hydrogen-bond acceptors (Lipinski definition) is 3. The molecule has 4 heteroatoms. The summed E-state index contributed by atoms with van der Waals surface area (Å²) in [5.41, 5.74) is 1.95. The summed E-state index contributed by atoms with van der Waals surface area (Å²) in [5, 5.41) is 13.3. The Kier molecular flexibility index (Phi) is 4.34. The van der Waals surface area contributed by atoms with Crippen molar-refractivity contribution in [2.45, 2.75) is 19.8 Å². The zero-order chi connectivity index (χ0) is 13.7. The molecule has 2 rings (SSSR count). The molecule has 100 valence electrons. The first-order chi connectivity index (χ1) is 9.20. The lowest BCUT2D eigenvalue weighted by atomic mass is 10.0. The number of anilines is 1. The number of benzene rings is 1. The van der Waals surface area contributed by atoms with E-state index in [4.69, 9.17) is 5.11 Å². The zero-order valence-electron chi connectivity index (χ0n) is 11.0. The van der Waals surface area contributed by atoms with Gasteiger partial charge in [0.05, 0.1) is 5.52 Å². The van der Waals surface area contributed by atoms with Crippen LogP contribution in [0.5, 0.6) is 0 Å². The van der Waals surface area contributed by atoms with Crippen molar-refractivity contribution >= 4 is 22.6 Å². The number of pyridine rings is 1. The number of fused-ring (bicyclic) bond motifs is 1. The molecule has 0 saturated heterocycles. The van der Waals surface area contributed by atoms with Crippen molar-refractivity contribution < 1.29 is 9.90 Å². The van der Waals surface area contributed by atoms with E-state index in [2.05, 4.69) is 10.3 Å². The standard InChI is InChI=1S/C15H18N2O2/c1-2-11(9-15(18)19)10-17-14-7-8-16-13-6-4-3-5-12(13)14/h3-8,11H,2,9-10H2,1H3,(H,16,17)(H,18,19). The number of carbonyl (C=O) groups is 1. The molecule has 1 aromatic carbocycles. The number of aliphatic carboxylic acids is 1. The SMILES string of the molecule is CCC(CNc1ccnc2ccccc12)CC(=O)O. The Morgan fingerprint density at radius 1 is 1.37 bits per heavy atom. The van der Waals surface area contributed by atoms with Gasteiger partial charge in [-0.2, -0.15) is 0 Å². The lowest BCUT2D eigenvalue weighted by Crippen LogP contribution is -2.17. The number of hydrogen-bond donors (Lipinski definition) is 2. The molecule has 2 N–H and O–H groups in total. The van der Waals surface area contributed by atoms with E-state index in [9.17, 15) is 4.79 Å². The van der Waals surface area contributed by atoms with Crippen LogP contribution >= 0.6 is 0 Å². The molecule has 0 saturated carbocycles. The summed E-state index contributed by atoms with van der Waals surface area (Å²) in [5.74, 6) is -0.599. The lowest BCUT2D eigenvalue weighted by molar-refractivity contribution is -0.138. The molecule has 0 aliphatic heterocycles. The largest absolute Gasteiger partial charge is 0.481 e. The van der Waals surface area contributed by atoms with E-state index in [-0.39, 0.29) is 12.3 Å². The van der Waals surface area contributed by atoms with Gasteiger partial charge in [0.15, 0.2) is 0 Å². The zero-order valence-corrected chi connectivity index (χ0v) is 11.0. The number of carboxylic acid groups (broad SMARTS) is 1. The van der Waals surface area contributed by atoms with Crippen LogP contribution in [-0.4, -0.2) is 22.6 Å². The molecule has 4 nitrogen and oxygen atoms in total. The van der Waals surface area contributed by atoms with E-state index in [1.165, 1.54) is 0 Å². The number of carboxylic acids is 1. The molecule has 0 spiro atoms. The topological polar surface area (TPSA) is 62.2 Å². The third-order valence-corrected chi connectivity index (χ3v) is 3.27. The second kappa shape index (κ2) is 6.18. The first-order valence-electron chi connectivity index (χ1n) is 6.50. The van der Waals surface area contributed by atoms with Crippen LogP contribution in [0.2, 0.25) is 0 Å². The Balaban J connectivity index is 2.11. The van der Waals surface area contributed by atoms with Gasteiger partial charge in [-0.15, -0.1) is 0 Å². The maximum Gasteiger partial charge on any atom is 0.303 e. The Hall–Kier alpha value is -2.10. The molecule has 0 bridgehead atoms. The van der Waals surface area contributed by atoms with Crippen LogP contribution in [0, 0.1) is 5.92 Å². The second-order valence-electron chi connectivity index (χ2n) is 4.63. The summed E-state index contributed by atoms with van der Waals surface area (Å²) in [6.45, 7) is 2.68. The Morgan fingerprint density at radius 2 is 2.16 bits per heavy atom. The first-order valence-corrected chi connectivity index (χ1v) is 6.50. The number of nitrogens with zero attached hydrogens (tertiary/aromatic N) is 1. The monoisotopic (exact) mass is 258 g/mol. The lowest BCUT2D eigenvalue weighted by Gasteiger charge is -2.15. The minimum absolute atomic E-state index is 0.143. The fourth-order valence-electron chi connectivity index (χ4n) is 2.11. The van der Waals surface area contributed by atoms with Gasteiger partial charge in [-0.3, -0.25) is 9.78 Å². The highest BCUT2D eigenvalue weighted by atomic mass is 16.4. The van der Waals surface area contributed by atoms with Gasteiger partial charge >= 0.3 is 5.97 Å². The highest BCUT2D eigenvalue weighted by Gasteiger charge is 2.11. The van der Waals surface area contributed by atoms with Gasteiger partial charge < -0.3 is 10.4 Å². The Bertz CT molecular complexity index is 564. The minimum atomic E-state index is -0.742. The predicted molar refractivity (Wildman–Crippen MR) is 76.3 cm³/mol. The minimum Gasteiger partial charge on any atom is -0.481 e. The van der Waals surface area contributed by atoms with Crippen molar-refractivity contribution in [3.63, 3.8) is 0 Å². The number of rotatable bonds is 6. The molecule has 0 aliphatic rings. The van der Waals surface area contributed by atoms with Crippen molar-refractivity contribution in [3.05, 3.63) is 36.5 Å². The molecular weight excluding hydrogens is 240 g/mol. The summed E-state index contributed by atoms with van der Waals surface area (Å²) in [6.07, 6.45) is 2.82. The van der Waals surface area contributed by atoms with E-state index in [1.54, 1.807) is 6.20 Å². The van der Waals surface area contributed by atoms with Crippen molar-refractivity contribution in [2.75, 3.05) is 11.9 Å². The van der Waals surface area contributed by atoms with Crippen LogP contribution in [-0.2, 0) is 4.79 Å². The third kappa shape index (κ3) is 3.44. The number of nitrogens with one attached hydrogen (secondary N) is 1. The van der Waals surface area contributed by atoms with E-state index in [0.717, 1.165) is 23.0 Å². The van der Waals surface area contributed by atoms with Gasteiger partial charge in [-0.1, -0.05) is 31.5 Å². The molecule has 1 unspecified atom stereocenters. The van der Waals surface area contributed by atoms with Crippen LogP contribution in [0.3, 0.4) is 0 Å². The molecular formula is C15H18N2O2. The van der Waals surface area contributed by atoms with Crippen LogP contribution in [0.1, 0.15) is 19.8 Å². The summed E-state index contributed by atoms with van der Waals surface area (Å²) < 4.78 is 0. The van der Waals surface area contributed by atoms with Gasteiger partial charge in [0.25, 0.3) is 0 Å². The van der Waals surface area contributed by atoms with Gasteiger partial charge in [0, 0.05) is 30.2 Å². The Morgan fingerprint density at radius 3 is 2.89 bits per heavy atom. The van der Waals surface area contributed by atoms with Crippen molar-refractivity contribution in [1.82, 2.24) is 4.98 Å². The smallest absolute Gasteiger partial charge is 0.303 e. The molecule has 0 aliphatic carbocycles. The third-order valence-electron chi connectivity index (χ3n) is 3.27. The molecule has 2 aromatic rings. The number of para-hydroxylation sites is 1. The fraction of sp³-hybridized carbons (Fsp3) is 0.333. The first kappa shape index (κ1) is 13.3. The molecule has 19 heavy (non-hydrogen) atoms. The maximum atomic E-state index is 10.8. The highest BCUT2D eigenvalue weighted by Crippen LogP contribution is 2.21. The summed E-state index contributed by atoms with van der Waals surface area (Å²) in [6, 6.07) is 9.84. The second-order valence-corrected chi connectivity index (χ2v) is 4.63. The molecule has 1 heterocycles. The predicted octanol–water partition coefficient (Wildman–Crippen LogP) is 3.15. The average molecular weight is 258 g/mol. The van der Waals surface area contributed by atoms with E-state index < -0.39 is 5.97 Å². The van der Waals surface area contributed by atoms with Crippen molar-refractivity contribution in [3.8, 4) is 0 Å². The fourth-order valence-corrected chi connectivity index (χ4v) is 2.11. The number of aromatic nitrogens is 1. The molecule has 1 atom stereocenters. The van der Waals surface area contributed by atoms with E-state index in [1.807, 2.05) is 37.3 Å². The van der Waals surface area contributed by atoms with Gasteiger partial charge in [-0.05, 0) is 18.1 Å². The van der Waals surface area contributed by atoms with Gasteiger partial charge in [-0.25, -0.2) is 0 Å². The highest BCUT2D eigenvalue weighted by molar-refractivity contribution is 5.90. The summed E-state index contributed by atoms with van der Waals surface area (Å²) in [4.78, 5) is 15.1. The van der Waals surface area contributed by atoms with Crippen LogP contribution in [0.25, 0.3) is 10.9 Å². The molecule has 1 aromatic heterocycles.